The average molecular weight is 340 g/mol. The Morgan fingerprint density at radius 1 is 1.21 bits per heavy atom. The van der Waals surface area contributed by atoms with Crippen molar-refractivity contribution in [1.82, 2.24) is 9.80 Å². The van der Waals surface area contributed by atoms with E-state index in [9.17, 15) is 14.4 Å². The van der Waals surface area contributed by atoms with Crippen molar-refractivity contribution in [2.75, 3.05) is 19.6 Å². The lowest BCUT2D eigenvalue weighted by Gasteiger charge is -2.29. The Hall–Kier alpha value is -1.63. The Morgan fingerprint density at radius 2 is 1.92 bits per heavy atom. The van der Waals surface area contributed by atoms with Gasteiger partial charge in [0.05, 0.1) is 6.10 Å². The molecule has 7 heteroatoms. The summed E-state index contributed by atoms with van der Waals surface area (Å²) >= 11 is 0. The van der Waals surface area contributed by atoms with Crippen LogP contribution in [0.15, 0.2) is 0 Å². The van der Waals surface area contributed by atoms with E-state index in [2.05, 4.69) is 0 Å². The van der Waals surface area contributed by atoms with E-state index >= 15 is 0 Å². The van der Waals surface area contributed by atoms with Gasteiger partial charge in [0, 0.05) is 26.1 Å². The van der Waals surface area contributed by atoms with Gasteiger partial charge in [-0.25, -0.2) is 0 Å². The number of carbonyl (C=O) groups is 3. The van der Waals surface area contributed by atoms with Crippen molar-refractivity contribution in [2.45, 2.75) is 64.7 Å². The summed E-state index contributed by atoms with van der Waals surface area (Å²) in [6.07, 6.45) is 2.71. The maximum Gasteiger partial charge on any atom is 0.323 e. The Labute approximate surface area is 142 Å². The number of nitrogens with zero attached hydrogens (tertiary/aromatic N) is 2. The van der Waals surface area contributed by atoms with E-state index in [1.165, 1.54) is 11.8 Å². The van der Waals surface area contributed by atoms with Crippen LogP contribution in [0.3, 0.4) is 0 Å². The topological polar surface area (TPSA) is 87.2 Å². The third kappa shape index (κ3) is 4.47. The van der Waals surface area contributed by atoms with Crippen molar-refractivity contribution in [3.05, 3.63) is 0 Å². The van der Waals surface area contributed by atoms with Crippen molar-refractivity contribution in [1.29, 1.82) is 0 Å². The first-order valence-corrected chi connectivity index (χ1v) is 8.72. The van der Waals surface area contributed by atoms with Crippen LogP contribution in [-0.4, -0.2) is 70.6 Å². The molecule has 4 atom stereocenters. The standard InChI is InChI=1S/C17H28N2O5/c1-11-9-12(2)24-16(11)17(23)18-7-4-5-14(6-8-18)19(13(3)20)10-15(21)22/h11-12,14,16H,4-10H2,1-3H3,(H,21,22). The normalized spacial score (nSPS) is 30.7. The lowest BCUT2D eigenvalue weighted by molar-refractivity contribution is -0.146. The summed E-state index contributed by atoms with van der Waals surface area (Å²) in [5, 5.41) is 9.00. The minimum atomic E-state index is -1.01. The predicted octanol–water partition coefficient (Wildman–Crippen LogP) is 1.11. The number of amides is 2. The van der Waals surface area contributed by atoms with E-state index in [0.29, 0.717) is 25.9 Å². The number of carboxylic acids is 1. The van der Waals surface area contributed by atoms with E-state index in [4.69, 9.17) is 9.84 Å². The fourth-order valence-electron chi connectivity index (χ4n) is 3.82. The molecule has 0 aromatic heterocycles. The number of aliphatic carboxylic acids is 1. The fourth-order valence-corrected chi connectivity index (χ4v) is 3.82. The van der Waals surface area contributed by atoms with Crippen molar-refractivity contribution in [3.63, 3.8) is 0 Å². The van der Waals surface area contributed by atoms with E-state index in [-0.39, 0.29) is 42.5 Å². The summed E-state index contributed by atoms with van der Waals surface area (Å²) in [6, 6.07) is -0.128. The first-order valence-electron chi connectivity index (χ1n) is 8.72. The molecule has 0 aliphatic carbocycles. The molecule has 4 unspecified atom stereocenters. The molecule has 0 saturated carbocycles. The van der Waals surface area contributed by atoms with Gasteiger partial charge in [-0.3, -0.25) is 14.4 Å². The van der Waals surface area contributed by atoms with Gasteiger partial charge in [-0.1, -0.05) is 6.92 Å². The van der Waals surface area contributed by atoms with Gasteiger partial charge in [0.1, 0.15) is 12.6 Å². The largest absolute Gasteiger partial charge is 0.480 e. The molecular formula is C17H28N2O5. The number of hydrogen-bond acceptors (Lipinski definition) is 4. The lowest BCUT2D eigenvalue weighted by Crippen LogP contribution is -2.44. The molecule has 2 aliphatic rings. The summed E-state index contributed by atoms with van der Waals surface area (Å²) in [5.74, 6) is -0.999. The second-order valence-electron chi connectivity index (χ2n) is 7.03. The third-order valence-corrected chi connectivity index (χ3v) is 5.00. The van der Waals surface area contributed by atoms with Crippen LogP contribution >= 0.6 is 0 Å². The van der Waals surface area contributed by atoms with Crippen LogP contribution in [-0.2, 0) is 19.1 Å². The monoisotopic (exact) mass is 340 g/mol. The second-order valence-corrected chi connectivity index (χ2v) is 7.03. The molecule has 0 radical (unpaired) electrons. The lowest BCUT2D eigenvalue weighted by atomic mass is 10.0. The summed E-state index contributed by atoms with van der Waals surface area (Å²) in [4.78, 5) is 38.7. The zero-order valence-corrected chi connectivity index (χ0v) is 14.7. The fraction of sp³-hybridized carbons (Fsp3) is 0.824. The van der Waals surface area contributed by atoms with Gasteiger partial charge in [-0.05, 0) is 38.5 Å². The zero-order valence-electron chi connectivity index (χ0n) is 14.7. The van der Waals surface area contributed by atoms with Gasteiger partial charge < -0.3 is 19.6 Å². The van der Waals surface area contributed by atoms with Crippen LogP contribution in [0.1, 0.15) is 46.5 Å². The molecule has 24 heavy (non-hydrogen) atoms. The van der Waals surface area contributed by atoms with Gasteiger partial charge in [-0.15, -0.1) is 0 Å². The minimum Gasteiger partial charge on any atom is -0.480 e. The molecule has 0 bridgehead atoms. The van der Waals surface area contributed by atoms with Gasteiger partial charge in [0.25, 0.3) is 5.91 Å². The number of likely N-dealkylation sites (tertiary alicyclic amines) is 1. The Balaban J connectivity index is 1.97. The maximum atomic E-state index is 12.7. The molecule has 0 spiro atoms. The van der Waals surface area contributed by atoms with Crippen LogP contribution < -0.4 is 0 Å². The predicted molar refractivity (Wildman–Crippen MR) is 87.4 cm³/mol. The highest BCUT2D eigenvalue weighted by molar-refractivity contribution is 5.82. The molecule has 2 fully saturated rings. The number of rotatable bonds is 4. The van der Waals surface area contributed by atoms with Gasteiger partial charge in [0.15, 0.2) is 0 Å². The summed E-state index contributed by atoms with van der Waals surface area (Å²) < 4.78 is 5.76. The highest BCUT2D eigenvalue weighted by atomic mass is 16.5. The van der Waals surface area contributed by atoms with Crippen LogP contribution in [0.5, 0.6) is 0 Å². The van der Waals surface area contributed by atoms with Gasteiger partial charge in [-0.2, -0.15) is 0 Å². The summed E-state index contributed by atoms with van der Waals surface area (Å²) in [6.45, 7) is 6.30. The highest BCUT2D eigenvalue weighted by Gasteiger charge is 2.38. The number of carboxylic acid groups (broad SMARTS) is 1. The first kappa shape index (κ1) is 18.7. The van der Waals surface area contributed by atoms with Crippen molar-refractivity contribution < 1.29 is 24.2 Å². The van der Waals surface area contributed by atoms with Crippen LogP contribution in [0, 0.1) is 5.92 Å². The number of hydrogen-bond donors (Lipinski definition) is 1. The van der Waals surface area contributed by atoms with Crippen LogP contribution in [0.25, 0.3) is 0 Å². The van der Waals surface area contributed by atoms with Crippen molar-refractivity contribution in [2.24, 2.45) is 5.92 Å². The SMILES string of the molecule is CC(=O)N(CC(=O)O)C1CCCN(C(=O)C2OC(C)CC2C)CC1. The average Bonchev–Trinajstić information content (AvgIpc) is 2.71. The quantitative estimate of drug-likeness (QED) is 0.828. The van der Waals surface area contributed by atoms with E-state index in [1.807, 2.05) is 18.7 Å². The Morgan fingerprint density at radius 3 is 2.46 bits per heavy atom. The molecule has 2 heterocycles. The summed E-state index contributed by atoms with van der Waals surface area (Å²) in [5.41, 5.74) is 0. The smallest absolute Gasteiger partial charge is 0.323 e. The molecule has 2 saturated heterocycles. The van der Waals surface area contributed by atoms with Crippen LogP contribution in [0.2, 0.25) is 0 Å². The Kier molecular flexibility index (Phi) is 6.21. The number of carbonyl (C=O) groups excluding carboxylic acids is 2. The minimum absolute atomic E-state index is 0.0279. The van der Waals surface area contributed by atoms with E-state index < -0.39 is 5.97 Å². The zero-order chi connectivity index (χ0) is 17.9. The maximum absolute atomic E-state index is 12.7. The molecule has 2 rings (SSSR count). The third-order valence-electron chi connectivity index (χ3n) is 5.00. The molecular weight excluding hydrogens is 312 g/mol. The molecule has 1 N–H and O–H groups in total. The number of ether oxygens (including phenoxy) is 1. The molecule has 0 aromatic carbocycles. The second kappa shape index (κ2) is 7.96. The van der Waals surface area contributed by atoms with E-state index in [0.717, 1.165) is 12.8 Å². The van der Waals surface area contributed by atoms with Gasteiger partial charge in [0.2, 0.25) is 5.91 Å². The van der Waals surface area contributed by atoms with Crippen molar-refractivity contribution >= 4 is 17.8 Å². The van der Waals surface area contributed by atoms with E-state index in [1.54, 1.807) is 0 Å². The highest BCUT2D eigenvalue weighted by Crippen LogP contribution is 2.28. The molecule has 0 aromatic rings. The van der Waals surface area contributed by atoms with Crippen molar-refractivity contribution in [3.8, 4) is 0 Å². The first-order chi connectivity index (χ1) is 11.3. The van der Waals surface area contributed by atoms with Crippen LogP contribution in [0.4, 0.5) is 0 Å². The molecule has 2 amide bonds. The Bertz CT molecular complexity index is 495. The molecule has 136 valence electrons. The van der Waals surface area contributed by atoms with Gasteiger partial charge >= 0.3 is 5.97 Å². The molecule has 7 nitrogen and oxygen atoms in total. The molecule has 2 aliphatic heterocycles. The summed E-state index contributed by atoms with van der Waals surface area (Å²) in [7, 11) is 0.